The molecule has 1 heterocycles. The lowest BCUT2D eigenvalue weighted by molar-refractivity contribution is 0.0927. The van der Waals surface area contributed by atoms with Crippen molar-refractivity contribution in [2.75, 3.05) is 13.1 Å². The van der Waals surface area contributed by atoms with E-state index in [4.69, 9.17) is 0 Å². The zero-order valence-corrected chi connectivity index (χ0v) is 14.0. The molecule has 0 aromatic heterocycles. The van der Waals surface area contributed by atoms with E-state index in [1.807, 2.05) is 12.1 Å². The third-order valence-electron chi connectivity index (χ3n) is 4.88. The predicted molar refractivity (Wildman–Crippen MR) is 92.9 cm³/mol. The number of benzene rings is 1. The third-order valence-corrected chi connectivity index (χ3v) is 4.88. The summed E-state index contributed by atoms with van der Waals surface area (Å²) in [5.41, 5.74) is 2.16. The van der Waals surface area contributed by atoms with Crippen LogP contribution in [0.4, 0.5) is 0 Å². The lowest BCUT2D eigenvalue weighted by Crippen LogP contribution is -2.36. The van der Waals surface area contributed by atoms with Gasteiger partial charge in [0.15, 0.2) is 0 Å². The molecule has 0 bridgehead atoms. The Hall–Kier alpha value is -1.06. The summed E-state index contributed by atoms with van der Waals surface area (Å²) in [7, 11) is 0. The summed E-state index contributed by atoms with van der Waals surface area (Å²) in [4.78, 5) is 12.3. The minimum atomic E-state index is 0. The molecule has 4 heteroatoms. The highest BCUT2D eigenvalue weighted by molar-refractivity contribution is 5.94. The molecule has 1 saturated carbocycles. The highest BCUT2D eigenvalue weighted by Gasteiger charge is 2.18. The van der Waals surface area contributed by atoms with Gasteiger partial charge in [0.25, 0.3) is 5.91 Å². The van der Waals surface area contributed by atoms with Crippen LogP contribution in [0.1, 0.15) is 66.8 Å². The van der Waals surface area contributed by atoms with Gasteiger partial charge in [-0.3, -0.25) is 4.79 Å². The smallest absolute Gasteiger partial charge is 0.251 e. The van der Waals surface area contributed by atoms with Crippen LogP contribution in [0, 0.1) is 0 Å². The highest BCUT2D eigenvalue weighted by Crippen LogP contribution is 2.23. The molecule has 1 amide bonds. The molecule has 3 nitrogen and oxygen atoms in total. The Morgan fingerprint density at radius 1 is 1.00 bits per heavy atom. The molecule has 1 aliphatic heterocycles. The molecular weight excluding hydrogens is 296 g/mol. The zero-order chi connectivity index (χ0) is 14.5. The van der Waals surface area contributed by atoms with Gasteiger partial charge >= 0.3 is 0 Å². The monoisotopic (exact) mass is 322 g/mol. The normalized spacial score (nSPS) is 22.6. The summed E-state index contributed by atoms with van der Waals surface area (Å²) in [5, 5.41) is 6.63. The lowest BCUT2D eigenvalue weighted by Gasteiger charge is -2.24. The molecule has 2 aliphatic rings. The average Bonchev–Trinajstić information content (AvgIpc) is 2.57. The Morgan fingerprint density at radius 3 is 2.36 bits per heavy atom. The van der Waals surface area contributed by atoms with Crippen molar-refractivity contribution < 1.29 is 4.79 Å². The van der Waals surface area contributed by atoms with Gasteiger partial charge in [0.1, 0.15) is 0 Å². The van der Waals surface area contributed by atoms with Crippen LogP contribution < -0.4 is 10.6 Å². The number of hydrogen-bond donors (Lipinski definition) is 2. The number of rotatable bonds is 3. The van der Waals surface area contributed by atoms with Crippen molar-refractivity contribution in [2.45, 2.75) is 56.9 Å². The Morgan fingerprint density at radius 2 is 1.73 bits per heavy atom. The van der Waals surface area contributed by atoms with Crippen molar-refractivity contribution in [3.05, 3.63) is 35.4 Å². The maximum Gasteiger partial charge on any atom is 0.251 e. The second-order valence-electron chi connectivity index (χ2n) is 6.47. The molecular formula is C18H27ClN2O. The summed E-state index contributed by atoms with van der Waals surface area (Å²) in [6.45, 7) is 2.20. The minimum Gasteiger partial charge on any atom is -0.349 e. The lowest BCUT2D eigenvalue weighted by atomic mass is 9.91. The first kappa shape index (κ1) is 17.3. The topological polar surface area (TPSA) is 41.1 Å². The molecule has 22 heavy (non-hydrogen) atoms. The van der Waals surface area contributed by atoms with Gasteiger partial charge in [-0.25, -0.2) is 0 Å². The van der Waals surface area contributed by atoms with E-state index in [9.17, 15) is 4.79 Å². The maximum atomic E-state index is 12.3. The van der Waals surface area contributed by atoms with Gasteiger partial charge < -0.3 is 10.6 Å². The van der Waals surface area contributed by atoms with E-state index in [1.54, 1.807) is 0 Å². The van der Waals surface area contributed by atoms with E-state index in [0.717, 1.165) is 31.5 Å². The molecule has 1 aliphatic carbocycles. The van der Waals surface area contributed by atoms with E-state index in [1.165, 1.54) is 37.7 Å². The molecule has 122 valence electrons. The van der Waals surface area contributed by atoms with Crippen LogP contribution in [0.15, 0.2) is 24.3 Å². The second kappa shape index (κ2) is 8.54. The van der Waals surface area contributed by atoms with Crippen LogP contribution in [-0.4, -0.2) is 25.0 Å². The van der Waals surface area contributed by atoms with Crippen molar-refractivity contribution in [1.82, 2.24) is 10.6 Å². The van der Waals surface area contributed by atoms with E-state index in [2.05, 4.69) is 22.8 Å². The Bertz CT molecular complexity index is 462. The van der Waals surface area contributed by atoms with Crippen molar-refractivity contribution in [1.29, 1.82) is 0 Å². The quantitative estimate of drug-likeness (QED) is 0.892. The summed E-state index contributed by atoms with van der Waals surface area (Å²) in [6.07, 6.45) is 8.58. The largest absolute Gasteiger partial charge is 0.349 e. The number of hydrogen-bond acceptors (Lipinski definition) is 2. The summed E-state index contributed by atoms with van der Waals surface area (Å²) in [6, 6.07) is 8.62. The van der Waals surface area contributed by atoms with Crippen LogP contribution in [0.3, 0.4) is 0 Å². The molecule has 2 N–H and O–H groups in total. The van der Waals surface area contributed by atoms with Crippen molar-refractivity contribution in [3.8, 4) is 0 Å². The molecule has 1 saturated heterocycles. The summed E-state index contributed by atoms with van der Waals surface area (Å²) < 4.78 is 0. The Balaban J connectivity index is 0.00000176. The second-order valence-corrected chi connectivity index (χ2v) is 6.47. The number of carbonyl (C=O) groups excluding carboxylic acids is 1. The van der Waals surface area contributed by atoms with Crippen LogP contribution in [0.2, 0.25) is 0 Å². The number of halogens is 1. The number of piperidine rings is 1. The number of carbonyl (C=O) groups is 1. The van der Waals surface area contributed by atoms with Gasteiger partial charge in [-0.1, -0.05) is 31.4 Å². The standard InChI is InChI=1S/C18H26N2O.ClH/c21-18(20-17-6-2-1-3-7-17)15-10-8-14(9-11-15)16-5-4-12-19-13-16;/h8-11,16-17,19H,1-7,12-13H2,(H,20,21);1H. The molecule has 0 spiro atoms. The molecule has 1 unspecified atom stereocenters. The van der Waals surface area contributed by atoms with Crippen LogP contribution in [0.5, 0.6) is 0 Å². The van der Waals surface area contributed by atoms with Crippen LogP contribution in [-0.2, 0) is 0 Å². The van der Waals surface area contributed by atoms with E-state index in [0.29, 0.717) is 12.0 Å². The van der Waals surface area contributed by atoms with Crippen LogP contribution in [0.25, 0.3) is 0 Å². The molecule has 3 rings (SSSR count). The van der Waals surface area contributed by atoms with E-state index >= 15 is 0 Å². The average molecular weight is 323 g/mol. The van der Waals surface area contributed by atoms with Crippen molar-refractivity contribution in [3.63, 3.8) is 0 Å². The molecule has 0 radical (unpaired) electrons. The summed E-state index contributed by atoms with van der Waals surface area (Å²) >= 11 is 0. The first-order valence-electron chi connectivity index (χ1n) is 8.44. The predicted octanol–water partition coefficient (Wildman–Crippen LogP) is 3.64. The van der Waals surface area contributed by atoms with Gasteiger partial charge in [0.2, 0.25) is 0 Å². The zero-order valence-electron chi connectivity index (χ0n) is 13.1. The van der Waals surface area contributed by atoms with Gasteiger partial charge in [0, 0.05) is 18.2 Å². The highest BCUT2D eigenvalue weighted by atomic mass is 35.5. The maximum absolute atomic E-state index is 12.3. The molecule has 1 aromatic rings. The first-order valence-corrected chi connectivity index (χ1v) is 8.44. The SMILES string of the molecule is Cl.O=C(NC1CCCCC1)c1ccc(C2CCCNC2)cc1. The first-order chi connectivity index (χ1) is 10.3. The molecule has 2 fully saturated rings. The van der Waals surface area contributed by atoms with E-state index in [-0.39, 0.29) is 18.3 Å². The molecule has 1 atom stereocenters. The van der Waals surface area contributed by atoms with Crippen molar-refractivity contribution in [2.24, 2.45) is 0 Å². The van der Waals surface area contributed by atoms with Crippen molar-refractivity contribution >= 4 is 18.3 Å². The fourth-order valence-corrected chi connectivity index (χ4v) is 3.56. The summed E-state index contributed by atoms with van der Waals surface area (Å²) in [5.74, 6) is 0.699. The fraction of sp³-hybridized carbons (Fsp3) is 0.611. The Kier molecular flexibility index (Phi) is 6.71. The Labute approximate surface area is 139 Å². The third kappa shape index (κ3) is 4.47. The van der Waals surface area contributed by atoms with Gasteiger partial charge in [-0.15, -0.1) is 12.4 Å². The van der Waals surface area contributed by atoms with Gasteiger partial charge in [0.05, 0.1) is 0 Å². The fourth-order valence-electron chi connectivity index (χ4n) is 3.56. The number of nitrogens with one attached hydrogen (secondary N) is 2. The van der Waals surface area contributed by atoms with Gasteiger partial charge in [-0.05, 0) is 55.8 Å². The van der Waals surface area contributed by atoms with Crippen LogP contribution >= 0.6 is 12.4 Å². The van der Waals surface area contributed by atoms with E-state index < -0.39 is 0 Å². The molecule has 1 aromatic carbocycles. The van der Waals surface area contributed by atoms with Gasteiger partial charge in [-0.2, -0.15) is 0 Å². The minimum absolute atomic E-state index is 0. The number of amides is 1.